The van der Waals surface area contributed by atoms with E-state index in [1.165, 1.54) is 0 Å². The highest BCUT2D eigenvalue weighted by atomic mass is 16.1. The molecule has 0 aliphatic carbocycles. The zero-order valence-corrected chi connectivity index (χ0v) is 17.5. The molecule has 4 rings (SSSR count). The quantitative estimate of drug-likeness (QED) is 0.709. The van der Waals surface area contributed by atoms with Crippen molar-refractivity contribution in [2.24, 2.45) is 4.99 Å². The summed E-state index contributed by atoms with van der Waals surface area (Å²) in [6.45, 7) is 3.56. The van der Waals surface area contributed by atoms with E-state index in [2.05, 4.69) is 56.4 Å². The third kappa shape index (κ3) is 4.28. The van der Waals surface area contributed by atoms with Crippen LogP contribution in [0.25, 0.3) is 11.1 Å². The van der Waals surface area contributed by atoms with E-state index in [9.17, 15) is 4.79 Å². The van der Waals surface area contributed by atoms with Crippen molar-refractivity contribution in [1.29, 1.82) is 0 Å². The molecule has 0 radical (unpaired) electrons. The molecule has 0 fully saturated rings. The van der Waals surface area contributed by atoms with Crippen LogP contribution in [-0.2, 0) is 11.3 Å². The number of aromatic nitrogens is 2. The molecule has 0 saturated carbocycles. The maximum Gasteiger partial charge on any atom is 0.274 e. The topological polar surface area (TPSA) is 70.5 Å². The summed E-state index contributed by atoms with van der Waals surface area (Å²) in [5.41, 5.74) is 6.34. The Labute approximate surface area is 176 Å². The molecule has 2 aromatic heterocycles. The fourth-order valence-electron chi connectivity index (χ4n) is 3.70. The van der Waals surface area contributed by atoms with Gasteiger partial charge in [-0.25, -0.2) is 0 Å². The molecule has 3 aromatic rings. The van der Waals surface area contributed by atoms with Gasteiger partial charge in [-0.2, -0.15) is 0 Å². The first-order valence-corrected chi connectivity index (χ1v) is 10.0. The zero-order valence-electron chi connectivity index (χ0n) is 17.5. The van der Waals surface area contributed by atoms with Crippen molar-refractivity contribution in [2.45, 2.75) is 19.4 Å². The monoisotopic (exact) mass is 399 g/mol. The number of nitrogens with one attached hydrogen (secondary N) is 1. The van der Waals surface area contributed by atoms with Crippen molar-refractivity contribution in [1.82, 2.24) is 14.9 Å². The minimum atomic E-state index is -0.215. The first-order chi connectivity index (χ1) is 14.5. The van der Waals surface area contributed by atoms with Gasteiger partial charge < -0.3 is 10.2 Å². The van der Waals surface area contributed by atoms with Crippen LogP contribution in [0.4, 0.5) is 5.69 Å². The Hall–Kier alpha value is -3.38. The summed E-state index contributed by atoms with van der Waals surface area (Å²) in [4.78, 5) is 28.2. The highest BCUT2D eigenvalue weighted by molar-refractivity contribution is 6.49. The third-order valence-corrected chi connectivity index (χ3v) is 5.12. The van der Waals surface area contributed by atoms with E-state index in [1.54, 1.807) is 18.5 Å². The van der Waals surface area contributed by atoms with Crippen LogP contribution in [0.3, 0.4) is 0 Å². The molecule has 1 N–H and O–H groups in total. The standard InChI is InChI=1S/C24H25N5O/c1-16-11-27-23(24(30)28-20-5-4-8-25-14-20)22-10-18(6-7-21(16)22)19-9-17(12-26-13-19)15-29(2)3/h4-10,12-14,16H,11,15H2,1-3H3,(H,28,30)/t16-/m1/s1. The number of nitrogens with zero attached hydrogens (tertiary/aromatic N) is 4. The predicted octanol–water partition coefficient (Wildman–Crippen LogP) is 3.75. The van der Waals surface area contributed by atoms with Gasteiger partial charge in [0.05, 0.1) is 11.9 Å². The number of benzene rings is 1. The van der Waals surface area contributed by atoms with Gasteiger partial charge in [0.2, 0.25) is 0 Å². The number of pyridine rings is 2. The molecule has 1 aromatic carbocycles. The minimum absolute atomic E-state index is 0.215. The number of hydrogen-bond acceptors (Lipinski definition) is 5. The Bertz CT molecular complexity index is 1090. The summed E-state index contributed by atoms with van der Waals surface area (Å²) in [5, 5.41) is 2.91. The number of anilines is 1. The van der Waals surface area contributed by atoms with Crippen LogP contribution in [0.5, 0.6) is 0 Å². The van der Waals surface area contributed by atoms with Gasteiger partial charge in [-0.1, -0.05) is 19.1 Å². The SMILES string of the molecule is C[C@@H]1CN=C(C(=O)Nc2cccnc2)c2cc(-c3cncc(CN(C)C)c3)ccc21. The first kappa shape index (κ1) is 19.9. The lowest BCUT2D eigenvalue weighted by atomic mass is 9.87. The van der Waals surface area contributed by atoms with E-state index < -0.39 is 0 Å². The van der Waals surface area contributed by atoms with Gasteiger partial charge in [0.1, 0.15) is 5.71 Å². The second-order valence-corrected chi connectivity index (χ2v) is 7.91. The van der Waals surface area contributed by atoms with Crippen molar-refractivity contribution in [3.05, 3.63) is 77.9 Å². The van der Waals surface area contributed by atoms with E-state index in [-0.39, 0.29) is 11.8 Å². The van der Waals surface area contributed by atoms with E-state index in [0.29, 0.717) is 17.9 Å². The second kappa shape index (κ2) is 8.55. The summed E-state index contributed by atoms with van der Waals surface area (Å²) in [5.74, 6) is 0.0509. The lowest BCUT2D eigenvalue weighted by Crippen LogP contribution is -2.28. The van der Waals surface area contributed by atoms with E-state index >= 15 is 0 Å². The lowest BCUT2D eigenvalue weighted by Gasteiger charge is -2.22. The summed E-state index contributed by atoms with van der Waals surface area (Å²) >= 11 is 0. The van der Waals surface area contributed by atoms with Crippen molar-refractivity contribution in [3.8, 4) is 11.1 Å². The molecule has 1 atom stereocenters. The van der Waals surface area contributed by atoms with E-state index in [4.69, 9.17) is 0 Å². The molecule has 1 amide bonds. The Kier molecular flexibility index (Phi) is 5.68. The highest BCUT2D eigenvalue weighted by Gasteiger charge is 2.25. The van der Waals surface area contributed by atoms with E-state index in [0.717, 1.165) is 34.4 Å². The smallest absolute Gasteiger partial charge is 0.274 e. The average molecular weight is 399 g/mol. The Balaban J connectivity index is 1.68. The first-order valence-electron chi connectivity index (χ1n) is 10.0. The molecule has 3 heterocycles. The van der Waals surface area contributed by atoms with Crippen LogP contribution >= 0.6 is 0 Å². The highest BCUT2D eigenvalue weighted by Crippen LogP contribution is 2.30. The van der Waals surface area contributed by atoms with Crippen molar-refractivity contribution in [2.75, 3.05) is 26.0 Å². The molecule has 0 unspecified atom stereocenters. The van der Waals surface area contributed by atoms with E-state index in [1.807, 2.05) is 32.6 Å². The summed E-state index contributed by atoms with van der Waals surface area (Å²) in [7, 11) is 4.08. The van der Waals surface area contributed by atoms with Crippen LogP contribution in [0.15, 0.2) is 66.2 Å². The molecule has 0 spiro atoms. The normalized spacial score (nSPS) is 15.5. The lowest BCUT2D eigenvalue weighted by molar-refractivity contribution is -0.110. The molecule has 1 aliphatic heterocycles. The van der Waals surface area contributed by atoms with Gasteiger partial charge in [-0.15, -0.1) is 0 Å². The molecule has 1 aliphatic rings. The molecule has 30 heavy (non-hydrogen) atoms. The van der Waals surface area contributed by atoms with Gasteiger partial charge >= 0.3 is 0 Å². The van der Waals surface area contributed by atoms with Gasteiger partial charge in [-0.05, 0) is 55.1 Å². The number of rotatable bonds is 5. The number of carbonyl (C=O) groups excluding carboxylic acids is 1. The van der Waals surface area contributed by atoms with Crippen molar-refractivity contribution < 1.29 is 4.79 Å². The largest absolute Gasteiger partial charge is 0.319 e. The van der Waals surface area contributed by atoms with Gasteiger partial charge in [0.15, 0.2) is 0 Å². The Morgan fingerprint density at radius 3 is 2.73 bits per heavy atom. The predicted molar refractivity (Wildman–Crippen MR) is 120 cm³/mol. The molecule has 0 saturated heterocycles. The maximum absolute atomic E-state index is 13.0. The molecule has 0 bridgehead atoms. The molecular formula is C24H25N5O. The third-order valence-electron chi connectivity index (χ3n) is 5.12. The summed E-state index contributed by atoms with van der Waals surface area (Å²) < 4.78 is 0. The van der Waals surface area contributed by atoms with Crippen LogP contribution in [0.1, 0.15) is 29.5 Å². The summed E-state index contributed by atoms with van der Waals surface area (Å²) in [6.07, 6.45) is 7.05. The average Bonchev–Trinajstić information content (AvgIpc) is 2.74. The minimum Gasteiger partial charge on any atom is -0.319 e. The van der Waals surface area contributed by atoms with Gasteiger partial charge in [0, 0.05) is 48.7 Å². The molecule has 6 nitrogen and oxygen atoms in total. The number of hydrogen-bond donors (Lipinski definition) is 1. The molecule has 152 valence electrons. The Morgan fingerprint density at radius 1 is 1.10 bits per heavy atom. The van der Waals surface area contributed by atoms with Crippen molar-refractivity contribution in [3.63, 3.8) is 0 Å². The molecule has 6 heteroatoms. The number of carbonyl (C=O) groups is 1. The molecular weight excluding hydrogens is 374 g/mol. The van der Waals surface area contributed by atoms with Crippen LogP contribution < -0.4 is 5.32 Å². The number of aliphatic imine (C=N–C) groups is 1. The van der Waals surface area contributed by atoms with Crippen molar-refractivity contribution >= 4 is 17.3 Å². The van der Waals surface area contributed by atoms with Crippen LogP contribution in [0, 0.1) is 0 Å². The fourth-order valence-corrected chi connectivity index (χ4v) is 3.70. The number of fused-ring (bicyclic) bond motifs is 1. The van der Waals surface area contributed by atoms with Gasteiger partial charge in [-0.3, -0.25) is 19.8 Å². The second-order valence-electron chi connectivity index (χ2n) is 7.91. The van der Waals surface area contributed by atoms with Crippen LogP contribution in [-0.4, -0.2) is 47.1 Å². The maximum atomic E-state index is 13.0. The zero-order chi connectivity index (χ0) is 21.1. The fraction of sp³-hybridized carbons (Fsp3) is 0.250. The Morgan fingerprint density at radius 2 is 1.97 bits per heavy atom. The van der Waals surface area contributed by atoms with Gasteiger partial charge in [0.25, 0.3) is 5.91 Å². The van der Waals surface area contributed by atoms with Crippen LogP contribution in [0.2, 0.25) is 0 Å². The summed E-state index contributed by atoms with van der Waals surface area (Å²) in [6, 6.07) is 12.0. The number of amides is 1.